The Morgan fingerprint density at radius 1 is 1.26 bits per heavy atom. The first-order valence-corrected chi connectivity index (χ1v) is 8.33. The van der Waals surface area contributed by atoms with Crippen LogP contribution in [0.3, 0.4) is 0 Å². The summed E-state index contributed by atoms with van der Waals surface area (Å²) < 4.78 is 15.2. The number of amides is 3. The van der Waals surface area contributed by atoms with Gasteiger partial charge in [-0.05, 0) is 0 Å². The molecule has 3 aliphatic rings. The predicted octanol–water partition coefficient (Wildman–Crippen LogP) is -3.55. The Hall–Kier alpha value is -1.48. The molecule has 0 spiro atoms. The first kappa shape index (κ1) is 20.3. The zero-order chi connectivity index (χ0) is 20.0. The quantitative estimate of drug-likeness (QED) is 0.203. The molecule has 1 unspecified atom stereocenters. The lowest BCUT2D eigenvalue weighted by molar-refractivity contribution is -0.909. The van der Waals surface area contributed by atoms with Crippen LogP contribution in [0.25, 0.3) is 0 Å². The average molecular weight is 391 g/mol. The molecule has 0 aromatic carbocycles. The molecule has 0 aliphatic carbocycles. The van der Waals surface area contributed by atoms with Crippen molar-refractivity contribution in [1.29, 1.82) is 0 Å². The van der Waals surface area contributed by atoms with Gasteiger partial charge in [-0.25, -0.2) is 10.1 Å². The summed E-state index contributed by atoms with van der Waals surface area (Å²) in [6, 6.07) is -0.954. The van der Waals surface area contributed by atoms with Crippen molar-refractivity contribution in [2.24, 2.45) is 0 Å². The number of imide groups is 1. The van der Waals surface area contributed by atoms with Gasteiger partial charge in [-0.15, -0.1) is 0 Å². The maximum atomic E-state index is 12.9. The first-order valence-electron chi connectivity index (χ1n) is 8.33. The molecule has 152 valence electrons. The van der Waals surface area contributed by atoms with Crippen molar-refractivity contribution in [3.63, 3.8) is 0 Å². The van der Waals surface area contributed by atoms with Gasteiger partial charge in [-0.2, -0.15) is 4.48 Å². The summed E-state index contributed by atoms with van der Waals surface area (Å²) in [4.78, 5) is 24.5. The van der Waals surface area contributed by atoms with Gasteiger partial charge in [0.15, 0.2) is 0 Å². The number of hydrogen-bond donors (Lipinski definition) is 6. The number of carbonyl (C=O) groups is 2. The highest BCUT2D eigenvalue weighted by atomic mass is 16.7. The largest absolute Gasteiger partial charge is 0.432 e. The highest BCUT2D eigenvalue weighted by molar-refractivity contribution is 6.00. The summed E-state index contributed by atoms with van der Waals surface area (Å²) in [6.45, 7) is -1.20. The summed E-state index contributed by atoms with van der Waals surface area (Å²) >= 11 is 0. The van der Waals surface area contributed by atoms with E-state index in [2.05, 4.69) is 5.32 Å². The SMILES string of the molecule is CO[C@]1(O)[C@H]([N+]2([C@H]3C[C@H](O)[C@@H](CO)O3)C=CC(=O)NC2=O)O[C@H](CO)[C@@H]1O. The van der Waals surface area contributed by atoms with Crippen molar-refractivity contribution in [2.45, 2.75) is 49.1 Å². The fourth-order valence-corrected chi connectivity index (χ4v) is 3.73. The molecule has 0 bridgehead atoms. The number of methoxy groups -OCH3 is 1. The van der Waals surface area contributed by atoms with Crippen LogP contribution in [-0.2, 0) is 19.0 Å². The maximum absolute atomic E-state index is 12.9. The third-order valence-electron chi connectivity index (χ3n) is 5.24. The number of quaternary nitrogens is 1. The van der Waals surface area contributed by atoms with E-state index in [1.807, 2.05) is 0 Å². The van der Waals surface area contributed by atoms with E-state index < -0.39 is 72.3 Å². The molecule has 8 atom stereocenters. The van der Waals surface area contributed by atoms with Gasteiger partial charge in [-0.3, -0.25) is 4.79 Å². The lowest BCUT2D eigenvalue weighted by atomic mass is 10.0. The fraction of sp³-hybridized carbons (Fsp3) is 0.733. The van der Waals surface area contributed by atoms with E-state index in [1.165, 1.54) is 0 Å². The van der Waals surface area contributed by atoms with Crippen molar-refractivity contribution in [3.8, 4) is 0 Å². The number of nitrogens with zero attached hydrogens (tertiary/aromatic N) is 1. The molecule has 3 heterocycles. The zero-order valence-electron chi connectivity index (χ0n) is 14.5. The fourth-order valence-electron chi connectivity index (χ4n) is 3.73. The van der Waals surface area contributed by atoms with Crippen LogP contribution in [0.1, 0.15) is 6.42 Å². The minimum atomic E-state index is -2.44. The van der Waals surface area contributed by atoms with Crippen LogP contribution in [0.4, 0.5) is 4.79 Å². The second-order valence-corrected chi connectivity index (χ2v) is 6.67. The Labute approximate surface area is 153 Å². The van der Waals surface area contributed by atoms with E-state index in [4.69, 9.17) is 14.2 Å². The Morgan fingerprint density at radius 3 is 2.44 bits per heavy atom. The third-order valence-corrected chi connectivity index (χ3v) is 5.24. The second-order valence-electron chi connectivity index (χ2n) is 6.67. The zero-order valence-corrected chi connectivity index (χ0v) is 14.5. The van der Waals surface area contributed by atoms with Gasteiger partial charge in [0.25, 0.3) is 17.9 Å². The summed E-state index contributed by atoms with van der Waals surface area (Å²) in [6.07, 6.45) is -5.96. The predicted molar refractivity (Wildman–Crippen MR) is 83.0 cm³/mol. The second kappa shape index (κ2) is 7.16. The molecule has 0 radical (unpaired) electrons. The number of rotatable bonds is 5. The number of ether oxygens (including phenoxy) is 3. The summed E-state index contributed by atoms with van der Waals surface area (Å²) in [5.41, 5.74) is 0. The number of hydrogen-bond acceptors (Lipinski definition) is 10. The molecule has 3 rings (SSSR count). The molecule has 12 heteroatoms. The number of nitrogens with one attached hydrogen (secondary N) is 1. The molecular formula is C15H23N2O10+. The average Bonchev–Trinajstić information content (AvgIpc) is 3.15. The molecule has 3 aliphatic heterocycles. The van der Waals surface area contributed by atoms with Crippen molar-refractivity contribution < 1.29 is 53.8 Å². The molecule has 0 aromatic heterocycles. The molecule has 0 aromatic rings. The minimum absolute atomic E-state index is 0.142. The first-order chi connectivity index (χ1) is 12.7. The van der Waals surface area contributed by atoms with Crippen LogP contribution in [0, 0.1) is 0 Å². The number of carbonyl (C=O) groups excluding carboxylic acids is 2. The standard InChI is InChI=1S/C15H22N2O10/c1-25-15(24)12(22)9(6-19)27-13(15)17(3-2-10(21)16-14(17)23)11-4-7(20)8(5-18)26-11/h2-3,7-9,11-13,18-20,22,24H,4-6H2,1H3/p+1/t7-,8+,9+,11+,12-,13+,15-,17?/m0/s1. The van der Waals surface area contributed by atoms with Crippen molar-refractivity contribution >= 4 is 11.9 Å². The van der Waals surface area contributed by atoms with Gasteiger partial charge in [0, 0.05) is 7.11 Å². The molecule has 2 saturated heterocycles. The van der Waals surface area contributed by atoms with Gasteiger partial charge >= 0.3 is 6.03 Å². The topological polar surface area (TPSA) is 175 Å². The Bertz CT molecular complexity index is 644. The monoisotopic (exact) mass is 391 g/mol. The molecule has 12 nitrogen and oxygen atoms in total. The van der Waals surface area contributed by atoms with E-state index >= 15 is 0 Å². The van der Waals surface area contributed by atoms with Crippen molar-refractivity contribution in [1.82, 2.24) is 5.32 Å². The van der Waals surface area contributed by atoms with Gasteiger partial charge in [0.05, 0.1) is 31.8 Å². The maximum Gasteiger partial charge on any atom is 0.432 e. The molecular weight excluding hydrogens is 368 g/mol. The highest BCUT2D eigenvalue weighted by Crippen LogP contribution is 2.43. The summed E-state index contributed by atoms with van der Waals surface area (Å²) in [7, 11) is 1.08. The van der Waals surface area contributed by atoms with Crippen LogP contribution < -0.4 is 5.32 Å². The van der Waals surface area contributed by atoms with Gasteiger partial charge in [-0.1, -0.05) is 0 Å². The van der Waals surface area contributed by atoms with Crippen molar-refractivity contribution in [2.75, 3.05) is 20.3 Å². The Morgan fingerprint density at radius 2 is 1.93 bits per heavy atom. The normalized spacial score (nSPS) is 47.5. The van der Waals surface area contributed by atoms with E-state index in [0.29, 0.717) is 0 Å². The van der Waals surface area contributed by atoms with Crippen LogP contribution >= 0.6 is 0 Å². The van der Waals surface area contributed by atoms with E-state index in [0.717, 1.165) is 19.4 Å². The molecule has 0 saturated carbocycles. The minimum Gasteiger partial charge on any atom is -0.394 e. The molecule has 6 N–H and O–H groups in total. The smallest absolute Gasteiger partial charge is 0.394 e. The van der Waals surface area contributed by atoms with E-state index in [9.17, 15) is 35.1 Å². The van der Waals surface area contributed by atoms with Crippen LogP contribution in [0.15, 0.2) is 12.3 Å². The summed E-state index contributed by atoms with van der Waals surface area (Å²) in [5.74, 6) is -3.16. The summed E-state index contributed by atoms with van der Waals surface area (Å²) in [5, 5.41) is 52.1. The molecule has 27 heavy (non-hydrogen) atoms. The lowest BCUT2D eigenvalue weighted by Crippen LogP contribution is -2.72. The molecule has 2 fully saturated rings. The van der Waals surface area contributed by atoms with E-state index in [-0.39, 0.29) is 6.42 Å². The Balaban J connectivity index is 2.10. The van der Waals surface area contributed by atoms with Crippen LogP contribution in [-0.4, -0.2) is 105 Å². The molecule has 3 amide bonds. The number of urea groups is 1. The van der Waals surface area contributed by atoms with E-state index in [1.54, 1.807) is 0 Å². The van der Waals surface area contributed by atoms with Gasteiger partial charge in [0.2, 0.25) is 6.23 Å². The van der Waals surface area contributed by atoms with Gasteiger partial charge in [0.1, 0.15) is 24.5 Å². The number of aliphatic hydroxyl groups is 5. The lowest BCUT2D eigenvalue weighted by Gasteiger charge is -2.44. The number of aliphatic hydroxyl groups excluding tert-OH is 4. The van der Waals surface area contributed by atoms with Crippen LogP contribution in [0.2, 0.25) is 0 Å². The highest BCUT2D eigenvalue weighted by Gasteiger charge is 2.70. The third kappa shape index (κ3) is 2.90. The van der Waals surface area contributed by atoms with Gasteiger partial charge < -0.3 is 39.7 Å². The van der Waals surface area contributed by atoms with Crippen molar-refractivity contribution in [3.05, 3.63) is 12.3 Å². The Kier molecular flexibility index (Phi) is 5.37. The van der Waals surface area contributed by atoms with Crippen LogP contribution in [0.5, 0.6) is 0 Å².